The highest BCUT2D eigenvalue weighted by molar-refractivity contribution is 5.78. The molecule has 0 aliphatic heterocycles. The van der Waals surface area contributed by atoms with Crippen molar-refractivity contribution in [3.8, 4) is 5.75 Å². The van der Waals surface area contributed by atoms with Crippen LogP contribution in [0.2, 0.25) is 0 Å². The summed E-state index contributed by atoms with van der Waals surface area (Å²) >= 11 is 0. The molecular weight excluding hydrogens is 420 g/mol. The summed E-state index contributed by atoms with van der Waals surface area (Å²) < 4.78 is 10.1. The average Bonchev–Trinajstić information content (AvgIpc) is 2.79. The second-order valence-corrected chi connectivity index (χ2v) is 10.2. The molecule has 0 heterocycles. The number of carbonyl (C=O) groups excluding carboxylic acids is 2. The Hall–Kier alpha value is -2.12. The van der Waals surface area contributed by atoms with Gasteiger partial charge >= 0.3 is 0 Å². The third-order valence-electron chi connectivity index (χ3n) is 8.19. The smallest absolute Gasteiger partial charge is 0.246 e. The number of ether oxygens (including phenoxy) is 2. The summed E-state index contributed by atoms with van der Waals surface area (Å²) in [4.78, 5) is 25.1. The Morgan fingerprint density at radius 3 is 2.48 bits per heavy atom. The largest absolute Gasteiger partial charge is 0.497 e. The molecule has 2 saturated carbocycles. The molecule has 0 bridgehead atoms. The molecule has 33 heavy (non-hydrogen) atoms. The van der Waals surface area contributed by atoms with Gasteiger partial charge in [-0.3, -0.25) is 9.59 Å². The third kappa shape index (κ3) is 5.69. The standard InChI is InChI=1S/C26H40N2O5/c1-16(25(31)27-14-18-6-8-19(33-5)9-7-18)20-10-12-26(3)13-11-21(28-22(29)15-32-4)17(2)23(26)24(20)30/h6-9,16-17,20-21,23-24,30H,10-15H2,1-5H3,(H,27,31)(H,28,29)/t16-,17+,20+,21-,23+,24-,26-/m0/s1. The normalized spacial score (nSPS) is 32.4. The molecular formula is C26H40N2O5. The van der Waals surface area contributed by atoms with E-state index in [0.717, 1.165) is 37.0 Å². The first-order chi connectivity index (χ1) is 15.7. The van der Waals surface area contributed by atoms with Gasteiger partial charge < -0.3 is 25.2 Å². The second kappa shape index (κ2) is 10.9. The molecule has 0 aromatic heterocycles. The number of aliphatic hydroxyl groups is 1. The highest BCUT2D eigenvalue weighted by Crippen LogP contribution is 2.55. The lowest BCUT2D eigenvalue weighted by Crippen LogP contribution is -2.58. The summed E-state index contributed by atoms with van der Waals surface area (Å²) in [5.41, 5.74) is 1.03. The number of carbonyl (C=O) groups is 2. The number of amides is 2. The van der Waals surface area contributed by atoms with Gasteiger partial charge in [0, 0.05) is 25.6 Å². The van der Waals surface area contributed by atoms with Crippen molar-refractivity contribution in [1.29, 1.82) is 0 Å². The Morgan fingerprint density at radius 1 is 1.18 bits per heavy atom. The highest BCUT2D eigenvalue weighted by atomic mass is 16.5. The Bertz CT molecular complexity index is 813. The van der Waals surface area contributed by atoms with E-state index in [-0.39, 0.29) is 53.5 Å². The maximum absolute atomic E-state index is 13.0. The van der Waals surface area contributed by atoms with Gasteiger partial charge in [0.2, 0.25) is 11.8 Å². The second-order valence-electron chi connectivity index (χ2n) is 10.2. The molecule has 7 atom stereocenters. The van der Waals surface area contributed by atoms with Gasteiger partial charge in [0.15, 0.2) is 0 Å². The highest BCUT2D eigenvalue weighted by Gasteiger charge is 2.53. The van der Waals surface area contributed by atoms with E-state index in [0.29, 0.717) is 6.54 Å². The monoisotopic (exact) mass is 460 g/mol. The molecule has 2 amide bonds. The van der Waals surface area contributed by atoms with Crippen LogP contribution in [-0.4, -0.2) is 49.9 Å². The zero-order valence-corrected chi connectivity index (χ0v) is 20.6. The summed E-state index contributed by atoms with van der Waals surface area (Å²) in [6.45, 7) is 6.79. The molecule has 3 N–H and O–H groups in total. The van der Waals surface area contributed by atoms with Gasteiger partial charge in [0.1, 0.15) is 12.4 Å². The van der Waals surface area contributed by atoms with Crippen LogP contribution in [0, 0.1) is 29.1 Å². The zero-order valence-electron chi connectivity index (χ0n) is 20.6. The van der Waals surface area contributed by atoms with Crippen molar-refractivity contribution < 1.29 is 24.2 Å². The topological polar surface area (TPSA) is 96.9 Å². The number of aliphatic hydroxyl groups excluding tert-OH is 1. The van der Waals surface area contributed by atoms with Crippen LogP contribution in [0.4, 0.5) is 0 Å². The van der Waals surface area contributed by atoms with Gasteiger partial charge in [-0.15, -0.1) is 0 Å². The summed E-state index contributed by atoms with van der Waals surface area (Å²) in [5, 5.41) is 17.6. The fraction of sp³-hybridized carbons (Fsp3) is 0.692. The molecule has 2 fully saturated rings. The van der Waals surface area contributed by atoms with E-state index in [2.05, 4.69) is 24.5 Å². The van der Waals surface area contributed by atoms with E-state index in [4.69, 9.17) is 9.47 Å². The van der Waals surface area contributed by atoms with Crippen molar-refractivity contribution >= 4 is 11.8 Å². The Labute approximate surface area is 197 Å². The molecule has 2 aliphatic carbocycles. The number of fused-ring (bicyclic) bond motifs is 1. The fourth-order valence-corrected chi connectivity index (χ4v) is 6.17. The minimum Gasteiger partial charge on any atom is -0.497 e. The summed E-state index contributed by atoms with van der Waals surface area (Å²) in [5.74, 6) is 0.392. The number of hydrogen-bond acceptors (Lipinski definition) is 5. The minimum atomic E-state index is -0.581. The number of hydrogen-bond donors (Lipinski definition) is 3. The SMILES string of the molecule is COCC(=O)N[C@H]1CC[C@]2(C)CC[C@H]([C@H](C)C(=O)NCc3ccc(OC)cc3)[C@H](O)[C@H]2[C@@H]1C. The van der Waals surface area contributed by atoms with Crippen LogP contribution >= 0.6 is 0 Å². The van der Waals surface area contributed by atoms with Crippen LogP contribution in [-0.2, 0) is 20.9 Å². The van der Waals surface area contributed by atoms with Gasteiger partial charge in [0.05, 0.1) is 13.2 Å². The number of rotatable bonds is 8. The summed E-state index contributed by atoms with van der Waals surface area (Å²) in [7, 11) is 3.14. The number of nitrogens with one attached hydrogen (secondary N) is 2. The lowest BCUT2D eigenvalue weighted by molar-refractivity contribution is -0.144. The molecule has 1 aromatic carbocycles. The van der Waals surface area contributed by atoms with Gasteiger partial charge in [0.25, 0.3) is 0 Å². The van der Waals surface area contributed by atoms with E-state index < -0.39 is 6.10 Å². The molecule has 0 saturated heterocycles. The predicted molar refractivity (Wildman–Crippen MR) is 127 cm³/mol. The van der Waals surface area contributed by atoms with E-state index in [1.54, 1.807) is 7.11 Å². The molecule has 0 radical (unpaired) electrons. The van der Waals surface area contributed by atoms with Crippen LogP contribution in [0.25, 0.3) is 0 Å². The van der Waals surface area contributed by atoms with Crippen LogP contribution in [0.3, 0.4) is 0 Å². The van der Waals surface area contributed by atoms with Crippen molar-refractivity contribution in [2.75, 3.05) is 20.8 Å². The molecule has 1 aromatic rings. The zero-order chi connectivity index (χ0) is 24.2. The first kappa shape index (κ1) is 25.5. The Morgan fingerprint density at radius 2 is 1.85 bits per heavy atom. The fourth-order valence-electron chi connectivity index (χ4n) is 6.17. The lowest BCUT2D eigenvalue weighted by atomic mass is 9.51. The quantitative estimate of drug-likeness (QED) is 0.554. The number of methoxy groups -OCH3 is 2. The third-order valence-corrected chi connectivity index (χ3v) is 8.19. The van der Waals surface area contributed by atoms with Gasteiger partial charge in [-0.25, -0.2) is 0 Å². The van der Waals surface area contributed by atoms with Crippen molar-refractivity contribution in [3.63, 3.8) is 0 Å². The van der Waals surface area contributed by atoms with Crippen molar-refractivity contribution in [3.05, 3.63) is 29.8 Å². The first-order valence-corrected chi connectivity index (χ1v) is 12.1. The Kier molecular flexibility index (Phi) is 8.40. The van der Waals surface area contributed by atoms with E-state index in [9.17, 15) is 14.7 Å². The molecule has 7 nitrogen and oxygen atoms in total. The molecule has 184 valence electrons. The Balaban J connectivity index is 1.64. The minimum absolute atomic E-state index is 0.0123. The molecule has 2 aliphatic rings. The summed E-state index contributed by atoms with van der Waals surface area (Å²) in [6.07, 6.45) is 3.10. The van der Waals surface area contributed by atoms with Gasteiger partial charge in [-0.05, 0) is 66.5 Å². The summed E-state index contributed by atoms with van der Waals surface area (Å²) in [6, 6.07) is 7.64. The molecule has 7 heteroatoms. The maximum atomic E-state index is 13.0. The van der Waals surface area contributed by atoms with Crippen molar-refractivity contribution in [2.24, 2.45) is 29.1 Å². The molecule has 0 unspecified atom stereocenters. The van der Waals surface area contributed by atoms with Crippen LogP contribution in [0.1, 0.15) is 52.0 Å². The predicted octanol–water partition coefficient (Wildman–Crippen LogP) is 2.90. The van der Waals surface area contributed by atoms with Crippen LogP contribution in [0.5, 0.6) is 5.75 Å². The van der Waals surface area contributed by atoms with E-state index >= 15 is 0 Å². The van der Waals surface area contributed by atoms with Gasteiger partial charge in [-0.1, -0.05) is 32.9 Å². The van der Waals surface area contributed by atoms with Crippen molar-refractivity contribution in [2.45, 2.75) is 65.1 Å². The molecule has 3 rings (SSSR count). The maximum Gasteiger partial charge on any atom is 0.246 e. The molecule has 0 spiro atoms. The number of benzene rings is 1. The van der Waals surface area contributed by atoms with Crippen LogP contribution in [0.15, 0.2) is 24.3 Å². The first-order valence-electron chi connectivity index (χ1n) is 12.1. The van der Waals surface area contributed by atoms with Crippen molar-refractivity contribution in [1.82, 2.24) is 10.6 Å². The van der Waals surface area contributed by atoms with E-state index in [1.807, 2.05) is 31.2 Å². The van der Waals surface area contributed by atoms with Crippen LogP contribution < -0.4 is 15.4 Å². The average molecular weight is 461 g/mol. The van der Waals surface area contributed by atoms with Gasteiger partial charge in [-0.2, -0.15) is 0 Å². The lowest BCUT2D eigenvalue weighted by Gasteiger charge is -2.56. The van der Waals surface area contributed by atoms with E-state index in [1.165, 1.54) is 7.11 Å².